The van der Waals surface area contributed by atoms with Crippen molar-refractivity contribution in [3.8, 4) is 5.75 Å². The molecule has 17 heavy (non-hydrogen) atoms. The second kappa shape index (κ2) is 4.97. The molecule has 0 atom stereocenters. The van der Waals surface area contributed by atoms with Crippen LogP contribution in [0.3, 0.4) is 0 Å². The van der Waals surface area contributed by atoms with Crippen molar-refractivity contribution in [2.24, 2.45) is 0 Å². The summed E-state index contributed by atoms with van der Waals surface area (Å²) in [6, 6.07) is 5.25. The number of imidazole rings is 1. The van der Waals surface area contributed by atoms with Gasteiger partial charge in [0.15, 0.2) is 0 Å². The predicted octanol–water partition coefficient (Wildman–Crippen LogP) is 1.41. The molecule has 5 nitrogen and oxygen atoms in total. The van der Waals surface area contributed by atoms with Gasteiger partial charge in [-0.15, -0.1) is 0 Å². The fourth-order valence-electron chi connectivity index (χ4n) is 1.64. The topological polar surface area (TPSA) is 75.2 Å². The van der Waals surface area contributed by atoms with E-state index in [0.717, 1.165) is 16.9 Å². The number of aliphatic hydroxyl groups is 1. The summed E-state index contributed by atoms with van der Waals surface area (Å²) in [4.78, 5) is 18.3. The van der Waals surface area contributed by atoms with Gasteiger partial charge in [-0.25, -0.2) is 4.98 Å². The number of hydrogen-bond acceptors (Lipinski definition) is 4. The van der Waals surface area contributed by atoms with E-state index in [9.17, 15) is 4.79 Å². The van der Waals surface area contributed by atoms with Crippen LogP contribution in [-0.4, -0.2) is 27.7 Å². The van der Waals surface area contributed by atoms with Gasteiger partial charge in [0.25, 0.3) is 0 Å². The molecular weight excluding hydrogens is 220 g/mol. The molecule has 0 saturated heterocycles. The summed E-state index contributed by atoms with van der Waals surface area (Å²) in [5.74, 6) is 0.987. The molecule has 1 aromatic heterocycles. The summed E-state index contributed by atoms with van der Waals surface area (Å²) >= 11 is 0. The van der Waals surface area contributed by atoms with Crippen molar-refractivity contribution in [1.29, 1.82) is 0 Å². The van der Waals surface area contributed by atoms with Gasteiger partial charge in [-0.3, -0.25) is 4.79 Å². The molecule has 0 bridgehead atoms. The Balaban J connectivity index is 2.24. The molecule has 0 saturated carbocycles. The van der Waals surface area contributed by atoms with Crippen LogP contribution in [0.1, 0.15) is 19.2 Å². The highest BCUT2D eigenvalue weighted by Gasteiger charge is 2.05. The number of aromatic amines is 1. The first-order valence-corrected chi connectivity index (χ1v) is 5.47. The Kier molecular flexibility index (Phi) is 3.39. The van der Waals surface area contributed by atoms with Crippen LogP contribution in [-0.2, 0) is 11.2 Å². The van der Waals surface area contributed by atoms with Crippen molar-refractivity contribution in [2.45, 2.75) is 19.8 Å². The standard InChI is InChI=1S/C12H14N2O3/c1-8(16)17-9-4-5-10-11(7-9)14-12(13-10)3-2-6-15/h4-5,7,15H,2-3,6H2,1H3,(H,13,14). The average molecular weight is 234 g/mol. The molecule has 0 aliphatic rings. The third-order valence-electron chi connectivity index (χ3n) is 2.34. The third kappa shape index (κ3) is 2.82. The van der Waals surface area contributed by atoms with Crippen molar-refractivity contribution in [3.63, 3.8) is 0 Å². The normalized spacial score (nSPS) is 10.7. The molecule has 0 amide bonds. The smallest absolute Gasteiger partial charge is 0.308 e. The molecule has 1 aromatic carbocycles. The lowest BCUT2D eigenvalue weighted by molar-refractivity contribution is -0.131. The average Bonchev–Trinajstić information content (AvgIpc) is 2.67. The van der Waals surface area contributed by atoms with E-state index in [1.54, 1.807) is 18.2 Å². The highest BCUT2D eigenvalue weighted by Crippen LogP contribution is 2.19. The highest BCUT2D eigenvalue weighted by atomic mass is 16.5. The number of aryl methyl sites for hydroxylation is 1. The number of aromatic nitrogens is 2. The first-order chi connectivity index (χ1) is 8.19. The molecule has 5 heteroatoms. The summed E-state index contributed by atoms with van der Waals surface area (Å²) in [6.45, 7) is 1.51. The van der Waals surface area contributed by atoms with Crippen molar-refractivity contribution >= 4 is 17.0 Å². The number of benzene rings is 1. The molecule has 0 spiro atoms. The zero-order valence-electron chi connectivity index (χ0n) is 9.56. The van der Waals surface area contributed by atoms with Crippen LogP contribution in [0.25, 0.3) is 11.0 Å². The number of esters is 1. The number of carbonyl (C=O) groups excluding carboxylic acids is 1. The number of fused-ring (bicyclic) bond motifs is 1. The summed E-state index contributed by atoms with van der Waals surface area (Å²) < 4.78 is 4.99. The Bertz CT molecular complexity index is 534. The van der Waals surface area contributed by atoms with E-state index in [0.29, 0.717) is 18.6 Å². The molecule has 0 aliphatic carbocycles. The summed E-state index contributed by atoms with van der Waals surface area (Å²) in [5.41, 5.74) is 1.66. The number of aliphatic hydroxyl groups excluding tert-OH is 1. The molecule has 90 valence electrons. The van der Waals surface area contributed by atoms with Gasteiger partial charge in [0, 0.05) is 26.0 Å². The van der Waals surface area contributed by atoms with Gasteiger partial charge in [-0.1, -0.05) is 0 Å². The Morgan fingerprint density at radius 1 is 1.53 bits per heavy atom. The van der Waals surface area contributed by atoms with Crippen LogP contribution in [0.2, 0.25) is 0 Å². The fourth-order valence-corrected chi connectivity index (χ4v) is 1.64. The second-order valence-corrected chi connectivity index (χ2v) is 3.78. The maximum absolute atomic E-state index is 10.8. The fraction of sp³-hybridized carbons (Fsp3) is 0.333. The number of nitrogens with zero attached hydrogens (tertiary/aromatic N) is 1. The Morgan fingerprint density at radius 3 is 3.06 bits per heavy atom. The summed E-state index contributed by atoms with van der Waals surface area (Å²) in [7, 11) is 0. The van der Waals surface area contributed by atoms with Crippen molar-refractivity contribution < 1.29 is 14.6 Å². The Morgan fingerprint density at radius 2 is 2.35 bits per heavy atom. The van der Waals surface area contributed by atoms with Gasteiger partial charge in [0.2, 0.25) is 0 Å². The third-order valence-corrected chi connectivity index (χ3v) is 2.34. The predicted molar refractivity (Wildman–Crippen MR) is 62.8 cm³/mol. The number of ether oxygens (including phenoxy) is 1. The quantitative estimate of drug-likeness (QED) is 0.619. The van der Waals surface area contributed by atoms with E-state index < -0.39 is 0 Å². The number of nitrogens with one attached hydrogen (secondary N) is 1. The van der Waals surface area contributed by atoms with Gasteiger partial charge in [-0.2, -0.15) is 0 Å². The van der Waals surface area contributed by atoms with Crippen LogP contribution >= 0.6 is 0 Å². The second-order valence-electron chi connectivity index (χ2n) is 3.78. The zero-order valence-corrected chi connectivity index (χ0v) is 9.56. The van der Waals surface area contributed by atoms with E-state index in [1.807, 2.05) is 0 Å². The first kappa shape index (κ1) is 11.6. The SMILES string of the molecule is CC(=O)Oc1ccc2nc(CCCO)[nH]c2c1. The maximum Gasteiger partial charge on any atom is 0.308 e. The summed E-state index contributed by atoms with van der Waals surface area (Å²) in [5, 5.41) is 8.75. The van der Waals surface area contributed by atoms with Crippen LogP contribution in [0, 0.1) is 0 Å². The molecule has 1 heterocycles. The number of rotatable bonds is 4. The monoisotopic (exact) mass is 234 g/mol. The van der Waals surface area contributed by atoms with E-state index in [1.165, 1.54) is 6.92 Å². The summed E-state index contributed by atoms with van der Waals surface area (Å²) in [6.07, 6.45) is 1.38. The molecule has 0 aliphatic heterocycles. The minimum atomic E-state index is -0.343. The lowest BCUT2D eigenvalue weighted by atomic mass is 10.3. The van der Waals surface area contributed by atoms with Gasteiger partial charge in [-0.05, 0) is 18.6 Å². The Hall–Kier alpha value is -1.88. The number of carbonyl (C=O) groups is 1. The molecule has 0 radical (unpaired) electrons. The molecule has 2 aromatic rings. The van der Waals surface area contributed by atoms with Crippen molar-refractivity contribution in [2.75, 3.05) is 6.61 Å². The lowest BCUT2D eigenvalue weighted by Crippen LogP contribution is -2.00. The van der Waals surface area contributed by atoms with Crippen LogP contribution in [0.4, 0.5) is 0 Å². The number of H-pyrrole nitrogens is 1. The van der Waals surface area contributed by atoms with Crippen LogP contribution < -0.4 is 4.74 Å². The van der Waals surface area contributed by atoms with Gasteiger partial charge >= 0.3 is 5.97 Å². The first-order valence-electron chi connectivity index (χ1n) is 5.47. The molecule has 0 unspecified atom stereocenters. The number of hydrogen-bond donors (Lipinski definition) is 2. The Labute approximate surface area is 98.4 Å². The highest BCUT2D eigenvalue weighted by molar-refractivity contribution is 5.78. The minimum Gasteiger partial charge on any atom is -0.427 e. The van der Waals surface area contributed by atoms with Crippen molar-refractivity contribution in [3.05, 3.63) is 24.0 Å². The molecular formula is C12H14N2O3. The van der Waals surface area contributed by atoms with E-state index in [4.69, 9.17) is 9.84 Å². The maximum atomic E-state index is 10.8. The molecule has 2 N–H and O–H groups in total. The van der Waals surface area contributed by atoms with E-state index >= 15 is 0 Å². The van der Waals surface area contributed by atoms with E-state index in [2.05, 4.69) is 9.97 Å². The molecule has 2 rings (SSSR count). The van der Waals surface area contributed by atoms with Gasteiger partial charge in [0.1, 0.15) is 11.6 Å². The van der Waals surface area contributed by atoms with Crippen LogP contribution in [0.15, 0.2) is 18.2 Å². The van der Waals surface area contributed by atoms with Gasteiger partial charge in [0.05, 0.1) is 11.0 Å². The minimum absolute atomic E-state index is 0.149. The van der Waals surface area contributed by atoms with Crippen molar-refractivity contribution in [1.82, 2.24) is 9.97 Å². The van der Waals surface area contributed by atoms with Crippen LogP contribution in [0.5, 0.6) is 5.75 Å². The van der Waals surface area contributed by atoms with E-state index in [-0.39, 0.29) is 12.6 Å². The lowest BCUT2D eigenvalue weighted by Gasteiger charge is -1.99. The largest absolute Gasteiger partial charge is 0.427 e. The molecule has 0 fully saturated rings. The zero-order chi connectivity index (χ0) is 12.3. The van der Waals surface area contributed by atoms with Gasteiger partial charge < -0.3 is 14.8 Å².